The average Bonchev–Trinajstić information content (AvgIpc) is 2.81. The maximum absolute atomic E-state index is 13.3. The molecule has 4 rings (SSSR count). The number of carbonyl (C=O) groups excluding carboxylic acids is 1. The highest BCUT2D eigenvalue weighted by atomic mass is 79.9. The third-order valence-corrected chi connectivity index (χ3v) is 10.7. The standard InChI is InChI=1S/C24H37BrO/c1-6-15(3)19-22(26)21(25)20-17-8-7-16-13-14(2)9-11-23(16,4)18(17)10-12-24(19,20)5/h6,14-21H,1,7-13H2,2-5H3/t14-,15+,16?,17+,18-,19-,20+,21?,23-,24+/m0/s1. The minimum Gasteiger partial charge on any atom is -0.298 e. The number of carbonyl (C=O) groups is 1. The first-order valence-electron chi connectivity index (χ1n) is 11.0. The van der Waals surface area contributed by atoms with Crippen LogP contribution in [0.4, 0.5) is 0 Å². The van der Waals surface area contributed by atoms with Gasteiger partial charge >= 0.3 is 0 Å². The Labute approximate surface area is 168 Å². The van der Waals surface area contributed by atoms with E-state index >= 15 is 0 Å². The molecular weight excluding hydrogens is 384 g/mol. The SMILES string of the molecule is C=C[C@@H](C)[C@H]1C(=O)C(Br)[C@H]2[C@@H]3CCC4C[C@@H](C)CC[C@]4(C)[C@H]3CC[C@]12C. The third kappa shape index (κ3) is 2.49. The summed E-state index contributed by atoms with van der Waals surface area (Å²) in [4.78, 5) is 13.3. The molecular formula is C24H37BrO. The topological polar surface area (TPSA) is 17.1 Å². The summed E-state index contributed by atoms with van der Waals surface area (Å²) in [5.74, 6) is 4.84. The van der Waals surface area contributed by atoms with Gasteiger partial charge in [0.25, 0.3) is 0 Å². The van der Waals surface area contributed by atoms with Crippen LogP contribution in [0, 0.1) is 52.3 Å². The van der Waals surface area contributed by atoms with E-state index in [9.17, 15) is 4.79 Å². The Morgan fingerprint density at radius 1 is 1.15 bits per heavy atom. The van der Waals surface area contributed by atoms with Gasteiger partial charge in [0.05, 0.1) is 4.83 Å². The maximum Gasteiger partial charge on any atom is 0.150 e. The molecule has 10 atom stereocenters. The van der Waals surface area contributed by atoms with Crippen molar-refractivity contribution >= 4 is 21.7 Å². The van der Waals surface area contributed by atoms with Crippen molar-refractivity contribution in [2.45, 2.75) is 77.5 Å². The first-order valence-corrected chi connectivity index (χ1v) is 12.0. The van der Waals surface area contributed by atoms with E-state index in [1.165, 1.54) is 44.9 Å². The van der Waals surface area contributed by atoms with Crippen molar-refractivity contribution < 1.29 is 4.79 Å². The van der Waals surface area contributed by atoms with E-state index < -0.39 is 0 Å². The van der Waals surface area contributed by atoms with Gasteiger partial charge in [-0.05, 0) is 84.9 Å². The second-order valence-corrected chi connectivity index (χ2v) is 11.9. The van der Waals surface area contributed by atoms with Gasteiger partial charge in [0.15, 0.2) is 5.78 Å². The van der Waals surface area contributed by atoms with Crippen LogP contribution >= 0.6 is 15.9 Å². The van der Waals surface area contributed by atoms with Gasteiger partial charge in [-0.15, -0.1) is 6.58 Å². The highest BCUT2D eigenvalue weighted by Crippen LogP contribution is 2.68. The molecule has 0 radical (unpaired) electrons. The van der Waals surface area contributed by atoms with Crippen LogP contribution in [0.2, 0.25) is 0 Å². The van der Waals surface area contributed by atoms with Crippen LogP contribution in [0.5, 0.6) is 0 Å². The van der Waals surface area contributed by atoms with Gasteiger partial charge in [-0.25, -0.2) is 0 Å². The number of ketones is 1. The predicted octanol–water partition coefficient (Wildman–Crippen LogP) is 6.66. The summed E-state index contributed by atoms with van der Waals surface area (Å²) in [6.45, 7) is 13.7. The lowest BCUT2D eigenvalue weighted by Gasteiger charge is -2.61. The summed E-state index contributed by atoms with van der Waals surface area (Å²) in [5.41, 5.74) is 0.680. The van der Waals surface area contributed by atoms with E-state index in [4.69, 9.17) is 0 Å². The van der Waals surface area contributed by atoms with Gasteiger partial charge in [0.2, 0.25) is 0 Å². The van der Waals surface area contributed by atoms with Crippen LogP contribution in [0.15, 0.2) is 12.7 Å². The number of halogens is 1. The van der Waals surface area contributed by atoms with E-state index in [1.807, 2.05) is 6.08 Å². The molecule has 0 aromatic heterocycles. The van der Waals surface area contributed by atoms with Gasteiger partial charge < -0.3 is 0 Å². The Morgan fingerprint density at radius 3 is 2.54 bits per heavy atom. The van der Waals surface area contributed by atoms with Crippen molar-refractivity contribution in [3.8, 4) is 0 Å². The van der Waals surface area contributed by atoms with Crippen molar-refractivity contribution in [3.63, 3.8) is 0 Å². The number of allylic oxidation sites excluding steroid dienone is 1. The zero-order chi connectivity index (χ0) is 18.9. The van der Waals surface area contributed by atoms with Gasteiger partial charge in [0, 0.05) is 5.92 Å². The Kier molecular flexibility index (Phi) is 4.78. The third-order valence-electron chi connectivity index (χ3n) is 9.73. The molecule has 0 aliphatic heterocycles. The number of hydrogen-bond acceptors (Lipinski definition) is 1. The summed E-state index contributed by atoms with van der Waals surface area (Å²) < 4.78 is 0. The lowest BCUT2D eigenvalue weighted by Crippen LogP contribution is -2.54. The molecule has 26 heavy (non-hydrogen) atoms. The lowest BCUT2D eigenvalue weighted by atomic mass is 9.44. The Morgan fingerprint density at radius 2 is 1.85 bits per heavy atom. The fourth-order valence-corrected chi connectivity index (χ4v) is 9.61. The van der Waals surface area contributed by atoms with Crippen LogP contribution < -0.4 is 0 Å². The summed E-state index contributed by atoms with van der Waals surface area (Å²) in [6.07, 6.45) is 11.6. The predicted molar refractivity (Wildman–Crippen MR) is 112 cm³/mol. The molecule has 0 spiro atoms. The van der Waals surface area contributed by atoms with Crippen LogP contribution in [-0.4, -0.2) is 10.6 Å². The van der Waals surface area contributed by atoms with Gasteiger partial charge in [0.1, 0.15) is 0 Å². The highest BCUT2D eigenvalue weighted by Gasteiger charge is 2.65. The van der Waals surface area contributed by atoms with E-state index in [0.717, 1.165) is 23.7 Å². The largest absolute Gasteiger partial charge is 0.298 e. The molecule has 4 saturated carbocycles. The maximum atomic E-state index is 13.3. The molecule has 2 heteroatoms. The number of fused-ring (bicyclic) bond motifs is 5. The molecule has 0 bridgehead atoms. The summed E-state index contributed by atoms with van der Waals surface area (Å²) in [5, 5.41) is 0. The molecule has 4 aliphatic rings. The van der Waals surface area contributed by atoms with Gasteiger partial charge in [-0.2, -0.15) is 0 Å². The fraction of sp³-hybridized carbons (Fsp3) is 0.875. The van der Waals surface area contributed by atoms with E-state index in [0.29, 0.717) is 17.1 Å². The molecule has 2 unspecified atom stereocenters. The minimum atomic E-state index is 0.0652. The molecule has 0 heterocycles. The van der Waals surface area contributed by atoms with Crippen molar-refractivity contribution in [2.24, 2.45) is 52.3 Å². The average molecular weight is 421 g/mol. The molecule has 0 N–H and O–H groups in total. The first kappa shape index (κ1) is 19.2. The van der Waals surface area contributed by atoms with Crippen molar-refractivity contribution in [2.75, 3.05) is 0 Å². The lowest BCUT2D eigenvalue weighted by molar-refractivity contribution is -0.126. The minimum absolute atomic E-state index is 0.0652. The normalized spacial score (nSPS) is 54.8. The molecule has 0 aromatic carbocycles. The van der Waals surface area contributed by atoms with Crippen LogP contribution in [-0.2, 0) is 4.79 Å². The molecule has 0 amide bonds. The number of hydrogen-bond donors (Lipinski definition) is 0. The van der Waals surface area contributed by atoms with E-state index in [-0.39, 0.29) is 22.1 Å². The Hall–Kier alpha value is -0.110. The van der Waals surface area contributed by atoms with Crippen LogP contribution in [0.25, 0.3) is 0 Å². The smallest absolute Gasteiger partial charge is 0.150 e. The molecule has 146 valence electrons. The van der Waals surface area contributed by atoms with Gasteiger partial charge in [-0.3, -0.25) is 4.79 Å². The summed E-state index contributed by atoms with van der Waals surface area (Å²) in [7, 11) is 0. The zero-order valence-corrected chi connectivity index (χ0v) is 18.7. The monoisotopic (exact) mass is 420 g/mol. The van der Waals surface area contributed by atoms with Crippen molar-refractivity contribution in [1.29, 1.82) is 0 Å². The number of alkyl halides is 1. The number of Topliss-reactive ketones (excluding diaryl/α,β-unsaturated/α-hetero) is 1. The van der Waals surface area contributed by atoms with E-state index in [1.54, 1.807) is 0 Å². The fourth-order valence-electron chi connectivity index (χ4n) is 8.33. The zero-order valence-electron chi connectivity index (χ0n) is 17.1. The second-order valence-electron chi connectivity index (χ2n) is 10.9. The van der Waals surface area contributed by atoms with Crippen LogP contribution in [0.1, 0.15) is 72.6 Å². The highest BCUT2D eigenvalue weighted by molar-refractivity contribution is 9.10. The van der Waals surface area contributed by atoms with Crippen molar-refractivity contribution in [1.82, 2.24) is 0 Å². The summed E-state index contributed by atoms with van der Waals surface area (Å²) in [6, 6.07) is 0. The number of rotatable bonds is 2. The quantitative estimate of drug-likeness (QED) is 0.360. The molecule has 4 fully saturated rings. The second kappa shape index (κ2) is 6.46. The molecule has 0 saturated heterocycles. The molecule has 1 nitrogen and oxygen atoms in total. The Bertz CT molecular complexity index is 599. The van der Waals surface area contributed by atoms with E-state index in [2.05, 4.69) is 50.2 Å². The van der Waals surface area contributed by atoms with Crippen LogP contribution in [0.3, 0.4) is 0 Å². The summed E-state index contributed by atoms with van der Waals surface area (Å²) >= 11 is 3.91. The first-order chi connectivity index (χ1) is 12.2. The molecule has 4 aliphatic carbocycles. The molecule has 0 aromatic rings. The van der Waals surface area contributed by atoms with Gasteiger partial charge in [-0.1, -0.05) is 56.1 Å². The Balaban J connectivity index is 1.68. The van der Waals surface area contributed by atoms with Crippen molar-refractivity contribution in [3.05, 3.63) is 12.7 Å².